The SMILES string of the molecule is C.C=C1N[C@@]2(c3cc(O)ccc3F)COC(C)(C)C[C@H]2S(=O)(=O)C1(C)C.CC1(C)C[C@@H]2[C@](c3cc(OC4CCC4)ccc3F)(CO1)N=C(N)C(C)(C)S2(=O)=O.O=O. The van der Waals surface area contributed by atoms with Gasteiger partial charge in [0, 0.05) is 26.8 Å². The number of amidine groups is 1. The Morgan fingerprint density at radius 3 is 1.93 bits per heavy atom. The Balaban J connectivity index is 0.000000241. The van der Waals surface area contributed by atoms with Crippen LogP contribution in [-0.4, -0.2) is 78.3 Å². The fraction of sp³-hybridized carbons (Fsp3) is 0.625. The lowest BCUT2D eigenvalue weighted by Crippen LogP contribution is -2.71. The number of phenols is 1. The van der Waals surface area contributed by atoms with Crippen molar-refractivity contribution in [3.63, 3.8) is 0 Å². The summed E-state index contributed by atoms with van der Waals surface area (Å²) in [6, 6.07) is 8.09. The maximum atomic E-state index is 15.1. The van der Waals surface area contributed by atoms with Crippen LogP contribution in [0.1, 0.15) is 106 Å². The van der Waals surface area contributed by atoms with Crippen molar-refractivity contribution in [1.29, 1.82) is 0 Å². The molecule has 13 nitrogen and oxygen atoms in total. The topological polar surface area (TPSA) is 201 Å². The molecule has 0 aromatic heterocycles. The van der Waals surface area contributed by atoms with Gasteiger partial charge in [-0.1, -0.05) is 14.0 Å². The third-order valence-corrected chi connectivity index (χ3v) is 18.1. The normalized spacial score (nSPS) is 30.9. The van der Waals surface area contributed by atoms with Gasteiger partial charge in [0.1, 0.15) is 49.5 Å². The van der Waals surface area contributed by atoms with Crippen LogP contribution in [-0.2, 0) is 40.2 Å². The molecule has 318 valence electrons. The number of rotatable bonds is 4. The molecule has 57 heavy (non-hydrogen) atoms. The van der Waals surface area contributed by atoms with Crippen molar-refractivity contribution in [2.75, 3.05) is 13.2 Å². The number of fused-ring (bicyclic) bond motifs is 2. The first-order chi connectivity index (χ1) is 25.7. The average Bonchev–Trinajstić information content (AvgIpc) is 3.09. The molecule has 3 saturated heterocycles. The Bertz CT molecular complexity index is 2140. The van der Waals surface area contributed by atoms with Gasteiger partial charge in [0.15, 0.2) is 19.7 Å². The van der Waals surface area contributed by atoms with E-state index in [4.69, 9.17) is 29.9 Å². The number of hydrogen-bond acceptors (Lipinski definition) is 13. The molecule has 2 aromatic carbocycles. The summed E-state index contributed by atoms with van der Waals surface area (Å²) in [5, 5.41) is 11.1. The number of halogens is 2. The second kappa shape index (κ2) is 15.2. The van der Waals surface area contributed by atoms with Gasteiger partial charge < -0.3 is 30.4 Å². The molecule has 2 aromatic rings. The molecule has 4 atom stereocenters. The van der Waals surface area contributed by atoms with Gasteiger partial charge in [0.2, 0.25) is 0 Å². The van der Waals surface area contributed by atoms with E-state index in [1.165, 1.54) is 18.2 Å². The molecular weight excluding hydrogens is 785 g/mol. The molecule has 0 spiro atoms. The standard InChI is InChI=1S/C21H29FN2O4S.C18H24FNO4S.CH4.O2/c1-19(2)11-17-21(12-27-19,24-18(23)20(3,4)29(17,25)26)15-10-14(8-9-16(15)22)28-13-6-5-7-13;1-11-17(4,5)25(22,23)15-9-16(2,3)24-10-18(15,20-11)13-8-12(21)6-7-14(13)19;;1-2/h8-10,13,17H,5-7,11-12H2,1-4H3,(H2,23,24);6-8,15,20-21H,1,9-10H2,2-5H3;1H4;/t17-,21-;15-,18-;;/m11../s1. The number of hydrogen-bond donors (Lipinski definition) is 3. The number of ether oxygens (including phenoxy) is 3. The number of benzene rings is 2. The van der Waals surface area contributed by atoms with E-state index < -0.39 is 73.6 Å². The van der Waals surface area contributed by atoms with Gasteiger partial charge >= 0.3 is 0 Å². The highest BCUT2D eigenvalue weighted by atomic mass is 32.2. The Morgan fingerprint density at radius 1 is 0.825 bits per heavy atom. The van der Waals surface area contributed by atoms with E-state index in [1.54, 1.807) is 39.8 Å². The van der Waals surface area contributed by atoms with Gasteiger partial charge in [-0.2, -0.15) is 0 Å². The Hall–Kier alpha value is -3.67. The first-order valence-corrected chi connectivity index (χ1v) is 21.5. The fourth-order valence-electron chi connectivity index (χ4n) is 7.99. The fourth-order valence-corrected chi connectivity index (χ4v) is 12.9. The number of sulfone groups is 2. The van der Waals surface area contributed by atoms with Crippen molar-refractivity contribution < 1.29 is 44.9 Å². The molecule has 17 heteroatoms. The van der Waals surface area contributed by atoms with E-state index in [1.807, 2.05) is 27.7 Å². The van der Waals surface area contributed by atoms with Crippen LogP contribution in [0.5, 0.6) is 11.5 Å². The van der Waals surface area contributed by atoms with Crippen molar-refractivity contribution in [3.8, 4) is 11.5 Å². The van der Waals surface area contributed by atoms with Gasteiger partial charge in [0.25, 0.3) is 0 Å². The molecule has 4 aliphatic heterocycles. The van der Waals surface area contributed by atoms with Gasteiger partial charge in [-0.15, -0.1) is 0 Å². The highest BCUT2D eigenvalue weighted by Gasteiger charge is 2.64. The average molecular weight is 842 g/mol. The van der Waals surface area contributed by atoms with Crippen LogP contribution >= 0.6 is 0 Å². The van der Waals surface area contributed by atoms with Crippen molar-refractivity contribution in [2.45, 2.75) is 143 Å². The quantitative estimate of drug-likeness (QED) is 0.307. The van der Waals surface area contributed by atoms with Gasteiger partial charge in [-0.3, -0.25) is 4.99 Å². The minimum absolute atomic E-state index is 0. The van der Waals surface area contributed by atoms with Crippen molar-refractivity contribution in [2.24, 2.45) is 10.7 Å². The molecule has 0 unspecified atom stereocenters. The first kappa shape index (κ1) is 46.0. The summed E-state index contributed by atoms with van der Waals surface area (Å²) in [6.07, 6.45) is 3.56. The molecule has 5 aliphatic rings. The van der Waals surface area contributed by atoms with Crippen LogP contribution in [0, 0.1) is 21.6 Å². The van der Waals surface area contributed by atoms with Gasteiger partial charge in [-0.25, -0.2) is 25.6 Å². The largest absolute Gasteiger partial charge is 0.508 e. The van der Waals surface area contributed by atoms with Crippen molar-refractivity contribution >= 4 is 25.5 Å². The minimum atomic E-state index is -3.78. The van der Waals surface area contributed by atoms with Crippen molar-refractivity contribution in [3.05, 3.63) is 81.4 Å². The zero-order valence-corrected chi connectivity index (χ0v) is 34.7. The van der Waals surface area contributed by atoms with E-state index >= 15 is 4.39 Å². The van der Waals surface area contributed by atoms with Crippen LogP contribution in [0.2, 0.25) is 0 Å². The summed E-state index contributed by atoms with van der Waals surface area (Å²) >= 11 is 0. The number of nitrogens with zero attached hydrogens (tertiary/aromatic N) is 1. The second-order valence-electron chi connectivity index (χ2n) is 17.6. The van der Waals surface area contributed by atoms with E-state index in [0.717, 1.165) is 25.3 Å². The molecule has 1 aliphatic carbocycles. The smallest absolute Gasteiger partial charge is 0.168 e. The van der Waals surface area contributed by atoms with Crippen LogP contribution in [0.4, 0.5) is 8.78 Å². The molecule has 4 heterocycles. The molecule has 4 N–H and O–H groups in total. The highest BCUT2D eigenvalue weighted by Crippen LogP contribution is 2.52. The molecule has 0 amide bonds. The van der Waals surface area contributed by atoms with Crippen LogP contribution < -0.4 is 15.8 Å². The van der Waals surface area contributed by atoms with Gasteiger partial charge in [-0.05, 0) is 124 Å². The predicted molar refractivity (Wildman–Crippen MR) is 216 cm³/mol. The predicted octanol–water partition coefficient (Wildman–Crippen LogP) is 6.39. The van der Waals surface area contributed by atoms with E-state index in [0.29, 0.717) is 5.75 Å². The Labute approximate surface area is 334 Å². The summed E-state index contributed by atoms with van der Waals surface area (Å²) in [7, 11) is -7.49. The van der Waals surface area contributed by atoms with E-state index in [2.05, 4.69) is 16.9 Å². The summed E-state index contributed by atoms with van der Waals surface area (Å²) in [4.78, 5) is 18.6. The monoisotopic (exact) mass is 841 g/mol. The molecule has 0 radical (unpaired) electrons. The Kier molecular flexibility index (Phi) is 12.3. The third kappa shape index (κ3) is 7.57. The summed E-state index contributed by atoms with van der Waals surface area (Å²) < 4.78 is 99.0. The number of phenolic OH excluding ortho intramolecular Hbond substituents is 1. The lowest BCUT2D eigenvalue weighted by molar-refractivity contribution is -0.0949. The summed E-state index contributed by atoms with van der Waals surface area (Å²) in [5.74, 6) is -0.780. The third-order valence-electron chi connectivity index (χ3n) is 12.2. The molecule has 0 bridgehead atoms. The first-order valence-electron chi connectivity index (χ1n) is 18.4. The number of nitrogens with one attached hydrogen (secondary N) is 1. The second-order valence-corrected chi connectivity index (χ2v) is 22.9. The Morgan fingerprint density at radius 2 is 1.35 bits per heavy atom. The van der Waals surface area contributed by atoms with Crippen LogP contribution in [0.25, 0.3) is 0 Å². The van der Waals surface area contributed by atoms with Crippen molar-refractivity contribution in [1.82, 2.24) is 5.32 Å². The van der Waals surface area contributed by atoms with E-state index in [-0.39, 0.29) is 68.0 Å². The summed E-state index contributed by atoms with van der Waals surface area (Å²) in [5.41, 5.74) is 2.58. The molecule has 1 saturated carbocycles. The maximum absolute atomic E-state index is 15.1. The van der Waals surface area contributed by atoms with Gasteiger partial charge in [0.05, 0.1) is 41.0 Å². The molecular formula is C40H57F2N3O10S2. The molecule has 4 fully saturated rings. The number of aromatic hydroxyl groups is 1. The van der Waals surface area contributed by atoms with E-state index in [9.17, 15) is 26.3 Å². The summed E-state index contributed by atoms with van der Waals surface area (Å²) in [6.45, 7) is 17.4. The lowest BCUT2D eigenvalue weighted by Gasteiger charge is -2.56. The highest BCUT2D eigenvalue weighted by molar-refractivity contribution is 7.94. The zero-order chi connectivity index (χ0) is 42.1. The lowest BCUT2D eigenvalue weighted by atomic mass is 9.78. The maximum Gasteiger partial charge on any atom is 0.168 e. The van der Waals surface area contributed by atoms with Crippen LogP contribution in [0.15, 0.2) is 53.7 Å². The molecule has 7 rings (SSSR count). The number of nitrogens with two attached hydrogens (primary N) is 1. The van der Waals surface area contributed by atoms with Crippen LogP contribution in [0.3, 0.4) is 0 Å². The number of aliphatic imine (C=N–C) groups is 1. The minimum Gasteiger partial charge on any atom is -0.508 e. The zero-order valence-electron chi connectivity index (χ0n) is 33.1.